The molecule has 5 heteroatoms. The minimum atomic E-state index is -3.23. The molecule has 0 radical (unpaired) electrons. The molecule has 2 N–H and O–H groups in total. The fraction of sp³-hybridized carbons (Fsp3) is 0.455. The first-order chi connectivity index (χ1) is 7.58. The van der Waals surface area contributed by atoms with E-state index in [4.69, 9.17) is 10.5 Å². The summed E-state index contributed by atoms with van der Waals surface area (Å²) in [5.74, 6) is 0.266. The molecule has 4 nitrogen and oxygen atoms in total. The molecule has 1 saturated heterocycles. The third-order valence-electron chi connectivity index (χ3n) is 2.70. The summed E-state index contributed by atoms with van der Waals surface area (Å²) in [7, 11) is -3.23. The fourth-order valence-corrected chi connectivity index (χ4v) is 3.51. The van der Waals surface area contributed by atoms with Crippen LogP contribution in [0.2, 0.25) is 0 Å². The Morgan fingerprint density at radius 3 is 2.88 bits per heavy atom. The van der Waals surface area contributed by atoms with Gasteiger partial charge in [0.15, 0.2) is 9.84 Å². The van der Waals surface area contributed by atoms with E-state index in [1.165, 1.54) is 6.07 Å². The third kappa shape index (κ3) is 2.54. The Hall–Kier alpha value is -1.07. The molecule has 16 heavy (non-hydrogen) atoms. The van der Waals surface area contributed by atoms with Gasteiger partial charge in [-0.05, 0) is 30.5 Å². The second-order valence-electron chi connectivity index (χ2n) is 4.08. The van der Waals surface area contributed by atoms with Gasteiger partial charge in [0.25, 0.3) is 0 Å². The Balaban J connectivity index is 2.18. The van der Waals surface area contributed by atoms with Crippen LogP contribution in [0, 0.1) is 5.92 Å². The van der Waals surface area contributed by atoms with E-state index in [1.807, 2.05) is 0 Å². The highest BCUT2D eigenvalue weighted by atomic mass is 32.2. The lowest BCUT2D eigenvalue weighted by molar-refractivity contribution is 0.188. The molecule has 0 aliphatic carbocycles. The van der Waals surface area contributed by atoms with Crippen LogP contribution in [0.4, 0.5) is 5.69 Å². The Labute approximate surface area is 95.3 Å². The molecule has 1 aliphatic rings. The van der Waals surface area contributed by atoms with E-state index < -0.39 is 9.84 Å². The highest BCUT2D eigenvalue weighted by molar-refractivity contribution is 7.91. The highest BCUT2D eigenvalue weighted by Gasteiger charge is 2.24. The number of nitrogens with two attached hydrogens (primary N) is 1. The van der Waals surface area contributed by atoms with Crippen LogP contribution in [0.1, 0.15) is 6.42 Å². The largest absolute Gasteiger partial charge is 0.399 e. The van der Waals surface area contributed by atoms with Crippen molar-refractivity contribution in [1.82, 2.24) is 0 Å². The van der Waals surface area contributed by atoms with Crippen molar-refractivity contribution < 1.29 is 13.2 Å². The maximum atomic E-state index is 12.0. The quantitative estimate of drug-likeness (QED) is 0.804. The molecule has 0 spiro atoms. The number of rotatable bonds is 3. The lowest BCUT2D eigenvalue weighted by Crippen LogP contribution is -2.16. The summed E-state index contributed by atoms with van der Waals surface area (Å²) >= 11 is 0. The molecule has 88 valence electrons. The van der Waals surface area contributed by atoms with Crippen LogP contribution in [0.15, 0.2) is 29.2 Å². The average molecular weight is 241 g/mol. The molecule has 1 heterocycles. The molecular formula is C11H15NO3S. The molecule has 2 rings (SSSR count). The van der Waals surface area contributed by atoms with Gasteiger partial charge in [0.1, 0.15) is 0 Å². The average Bonchev–Trinajstić information content (AvgIpc) is 2.70. The standard InChI is InChI=1S/C11H15NO3S/c12-10-2-1-3-11(6-10)16(13,14)8-9-4-5-15-7-9/h1-3,6,9H,4-5,7-8,12H2. The second kappa shape index (κ2) is 4.43. The molecule has 0 amide bonds. The molecule has 0 bridgehead atoms. The van der Waals surface area contributed by atoms with Gasteiger partial charge in [-0.25, -0.2) is 8.42 Å². The fourth-order valence-electron chi connectivity index (χ4n) is 1.83. The molecule has 1 aliphatic heterocycles. The van der Waals surface area contributed by atoms with Crippen molar-refractivity contribution in [2.24, 2.45) is 5.92 Å². The third-order valence-corrected chi connectivity index (χ3v) is 4.58. The monoisotopic (exact) mass is 241 g/mol. The number of hydrogen-bond donors (Lipinski definition) is 1. The predicted octanol–water partition coefficient (Wildman–Crippen LogP) is 1.08. The van der Waals surface area contributed by atoms with Gasteiger partial charge in [0.2, 0.25) is 0 Å². The van der Waals surface area contributed by atoms with E-state index in [0.717, 1.165) is 6.42 Å². The van der Waals surface area contributed by atoms with Crippen LogP contribution in [-0.4, -0.2) is 27.4 Å². The summed E-state index contributed by atoms with van der Waals surface area (Å²) in [4.78, 5) is 0.305. The summed E-state index contributed by atoms with van der Waals surface area (Å²) in [6.07, 6.45) is 0.821. The van der Waals surface area contributed by atoms with Gasteiger partial charge in [-0.3, -0.25) is 0 Å². The minimum absolute atomic E-state index is 0.117. The van der Waals surface area contributed by atoms with Crippen molar-refractivity contribution in [3.8, 4) is 0 Å². The summed E-state index contributed by atoms with van der Waals surface area (Å²) in [6.45, 7) is 1.21. The number of benzene rings is 1. The molecule has 1 aromatic rings. The van der Waals surface area contributed by atoms with Crippen molar-refractivity contribution in [3.05, 3.63) is 24.3 Å². The smallest absolute Gasteiger partial charge is 0.178 e. The molecule has 1 atom stereocenters. The van der Waals surface area contributed by atoms with Crippen molar-refractivity contribution in [2.45, 2.75) is 11.3 Å². The summed E-state index contributed by atoms with van der Waals surface area (Å²) in [5.41, 5.74) is 6.05. The van der Waals surface area contributed by atoms with Crippen molar-refractivity contribution >= 4 is 15.5 Å². The Kier molecular flexibility index (Phi) is 3.16. The number of hydrogen-bond acceptors (Lipinski definition) is 4. The van der Waals surface area contributed by atoms with Crippen LogP contribution in [-0.2, 0) is 14.6 Å². The van der Waals surface area contributed by atoms with Gasteiger partial charge in [0.05, 0.1) is 17.3 Å². The van der Waals surface area contributed by atoms with E-state index in [-0.39, 0.29) is 11.7 Å². The first kappa shape index (κ1) is 11.4. The molecule has 1 fully saturated rings. The van der Waals surface area contributed by atoms with Gasteiger partial charge in [-0.1, -0.05) is 6.07 Å². The zero-order valence-corrected chi connectivity index (χ0v) is 9.74. The van der Waals surface area contributed by atoms with E-state index in [1.54, 1.807) is 18.2 Å². The van der Waals surface area contributed by atoms with Crippen LogP contribution in [0.5, 0.6) is 0 Å². The zero-order chi connectivity index (χ0) is 11.6. The van der Waals surface area contributed by atoms with Gasteiger partial charge < -0.3 is 10.5 Å². The Morgan fingerprint density at radius 1 is 1.44 bits per heavy atom. The summed E-state index contributed by atoms with van der Waals surface area (Å²) < 4.78 is 29.2. The van der Waals surface area contributed by atoms with E-state index >= 15 is 0 Å². The molecule has 1 unspecified atom stereocenters. The van der Waals surface area contributed by atoms with Gasteiger partial charge in [-0.2, -0.15) is 0 Å². The van der Waals surface area contributed by atoms with Crippen LogP contribution in [0.25, 0.3) is 0 Å². The normalized spacial score (nSPS) is 21.1. The Morgan fingerprint density at radius 2 is 2.25 bits per heavy atom. The molecular weight excluding hydrogens is 226 g/mol. The topological polar surface area (TPSA) is 69.4 Å². The maximum Gasteiger partial charge on any atom is 0.178 e. The molecule has 1 aromatic carbocycles. The van der Waals surface area contributed by atoms with Crippen molar-refractivity contribution in [3.63, 3.8) is 0 Å². The maximum absolute atomic E-state index is 12.0. The highest BCUT2D eigenvalue weighted by Crippen LogP contribution is 2.21. The lowest BCUT2D eigenvalue weighted by Gasteiger charge is -2.09. The number of anilines is 1. The van der Waals surface area contributed by atoms with Gasteiger partial charge in [0, 0.05) is 12.3 Å². The Bertz CT molecular complexity index is 464. The first-order valence-electron chi connectivity index (χ1n) is 5.24. The predicted molar refractivity (Wildman–Crippen MR) is 61.8 cm³/mol. The molecule has 0 aromatic heterocycles. The van der Waals surface area contributed by atoms with E-state index in [9.17, 15) is 8.42 Å². The van der Waals surface area contributed by atoms with Crippen molar-refractivity contribution in [1.29, 1.82) is 0 Å². The number of nitrogen functional groups attached to an aromatic ring is 1. The van der Waals surface area contributed by atoms with Gasteiger partial charge >= 0.3 is 0 Å². The second-order valence-corrected chi connectivity index (χ2v) is 6.12. The van der Waals surface area contributed by atoms with Crippen molar-refractivity contribution in [2.75, 3.05) is 24.7 Å². The van der Waals surface area contributed by atoms with E-state index in [0.29, 0.717) is 23.8 Å². The van der Waals surface area contributed by atoms with Gasteiger partial charge in [-0.15, -0.1) is 0 Å². The van der Waals surface area contributed by atoms with Crippen LogP contribution < -0.4 is 5.73 Å². The van der Waals surface area contributed by atoms with Crippen LogP contribution in [0.3, 0.4) is 0 Å². The summed E-state index contributed by atoms with van der Waals surface area (Å²) in [5, 5.41) is 0. The number of ether oxygens (including phenoxy) is 1. The SMILES string of the molecule is Nc1cccc(S(=O)(=O)CC2CCOC2)c1. The van der Waals surface area contributed by atoms with Crippen LogP contribution >= 0.6 is 0 Å². The lowest BCUT2D eigenvalue weighted by atomic mass is 10.2. The van der Waals surface area contributed by atoms with E-state index in [2.05, 4.69) is 0 Å². The zero-order valence-electron chi connectivity index (χ0n) is 8.93. The first-order valence-corrected chi connectivity index (χ1v) is 6.89. The molecule has 0 saturated carbocycles. The number of sulfone groups is 1. The summed E-state index contributed by atoms with van der Waals surface area (Å²) in [6, 6.07) is 6.43. The minimum Gasteiger partial charge on any atom is -0.399 e.